The Morgan fingerprint density at radius 1 is 1.38 bits per heavy atom. The lowest BCUT2D eigenvalue weighted by molar-refractivity contribution is -0.123. The largest absolute Gasteiger partial charge is 0.313 e. The molecule has 2 nitrogen and oxygen atoms in total. The Morgan fingerprint density at radius 2 is 2.06 bits per heavy atom. The summed E-state index contributed by atoms with van der Waals surface area (Å²) in [5.41, 5.74) is 1.12. The molecule has 2 heteroatoms. The van der Waals surface area contributed by atoms with Gasteiger partial charge in [0.25, 0.3) is 0 Å². The first-order chi connectivity index (χ1) is 7.77. The average molecular weight is 219 g/mol. The predicted molar refractivity (Wildman–Crippen MR) is 67.3 cm³/mol. The third-order valence-corrected chi connectivity index (χ3v) is 2.70. The molecule has 1 aromatic rings. The first kappa shape index (κ1) is 12.9. The van der Waals surface area contributed by atoms with Gasteiger partial charge in [-0.05, 0) is 12.0 Å². The van der Waals surface area contributed by atoms with Crippen molar-refractivity contribution in [3.05, 3.63) is 48.6 Å². The number of hydrogen-bond donors (Lipinski definition) is 1. The van der Waals surface area contributed by atoms with Crippen molar-refractivity contribution in [2.45, 2.75) is 38.8 Å². The van der Waals surface area contributed by atoms with Gasteiger partial charge in [-0.15, -0.1) is 6.58 Å². The van der Waals surface area contributed by atoms with Crippen molar-refractivity contribution in [1.29, 1.82) is 0 Å². The van der Waals surface area contributed by atoms with Gasteiger partial charge in [0.05, 0.1) is 6.04 Å². The highest BCUT2D eigenvalue weighted by Gasteiger charge is 2.12. The molecular formula is C14H21NO. The van der Waals surface area contributed by atoms with Crippen LogP contribution in [-0.2, 0) is 6.54 Å². The van der Waals surface area contributed by atoms with E-state index in [9.17, 15) is 5.21 Å². The molecule has 0 aliphatic heterocycles. The summed E-state index contributed by atoms with van der Waals surface area (Å²) in [6.07, 6.45) is 5.04. The van der Waals surface area contributed by atoms with Crippen molar-refractivity contribution in [3.63, 3.8) is 0 Å². The quantitative estimate of drug-likeness (QED) is 0.559. The van der Waals surface area contributed by atoms with E-state index in [1.807, 2.05) is 36.4 Å². The van der Waals surface area contributed by atoms with E-state index in [1.165, 1.54) is 5.06 Å². The van der Waals surface area contributed by atoms with Gasteiger partial charge in [0.15, 0.2) is 0 Å². The van der Waals surface area contributed by atoms with Crippen LogP contribution in [0.4, 0.5) is 0 Å². The minimum Gasteiger partial charge on any atom is -0.313 e. The standard InChI is InChI=1S/C14H21NO/c1-3-5-11-14(4-2)15(16)12-13-9-7-6-8-10-13/h4,6-10,14,16H,2-3,5,11-12H2,1H3. The van der Waals surface area contributed by atoms with Crippen LogP contribution in [0.25, 0.3) is 0 Å². The summed E-state index contributed by atoms with van der Waals surface area (Å²) in [6.45, 7) is 6.48. The third-order valence-electron chi connectivity index (χ3n) is 2.70. The minimum atomic E-state index is 0.0557. The highest BCUT2D eigenvalue weighted by atomic mass is 16.5. The second-order valence-electron chi connectivity index (χ2n) is 4.03. The Labute approximate surface area is 98.2 Å². The maximum atomic E-state index is 9.95. The van der Waals surface area contributed by atoms with E-state index in [0.717, 1.165) is 24.8 Å². The van der Waals surface area contributed by atoms with E-state index >= 15 is 0 Å². The van der Waals surface area contributed by atoms with Crippen LogP contribution in [0, 0.1) is 0 Å². The fraction of sp³-hybridized carbons (Fsp3) is 0.429. The molecule has 0 aliphatic carbocycles. The fourth-order valence-electron chi connectivity index (χ4n) is 1.69. The molecule has 0 spiro atoms. The van der Waals surface area contributed by atoms with Gasteiger partial charge in [0, 0.05) is 6.54 Å². The zero-order valence-corrected chi connectivity index (χ0v) is 9.97. The molecule has 1 N–H and O–H groups in total. The third kappa shape index (κ3) is 4.17. The number of rotatable bonds is 7. The Morgan fingerprint density at radius 3 is 2.62 bits per heavy atom. The van der Waals surface area contributed by atoms with Crippen LogP contribution >= 0.6 is 0 Å². The van der Waals surface area contributed by atoms with E-state index in [4.69, 9.17) is 0 Å². The van der Waals surface area contributed by atoms with Crippen LogP contribution in [0.2, 0.25) is 0 Å². The van der Waals surface area contributed by atoms with Crippen molar-refractivity contribution in [2.24, 2.45) is 0 Å². The molecule has 16 heavy (non-hydrogen) atoms. The molecule has 0 saturated carbocycles. The van der Waals surface area contributed by atoms with Crippen molar-refractivity contribution >= 4 is 0 Å². The lowest BCUT2D eigenvalue weighted by Crippen LogP contribution is -2.30. The molecule has 0 radical (unpaired) electrons. The summed E-state index contributed by atoms with van der Waals surface area (Å²) in [4.78, 5) is 0. The first-order valence-corrected chi connectivity index (χ1v) is 5.90. The molecule has 1 rings (SSSR count). The Hall–Kier alpha value is -1.12. The van der Waals surface area contributed by atoms with Crippen LogP contribution in [0.5, 0.6) is 0 Å². The molecule has 0 saturated heterocycles. The molecule has 0 aromatic heterocycles. The van der Waals surface area contributed by atoms with Crippen molar-refractivity contribution in [2.75, 3.05) is 0 Å². The highest BCUT2D eigenvalue weighted by molar-refractivity contribution is 5.14. The number of unbranched alkanes of at least 4 members (excludes halogenated alkanes) is 1. The monoisotopic (exact) mass is 219 g/mol. The molecule has 0 amide bonds. The van der Waals surface area contributed by atoms with Crippen molar-refractivity contribution < 1.29 is 5.21 Å². The van der Waals surface area contributed by atoms with Gasteiger partial charge in [-0.1, -0.05) is 56.2 Å². The maximum absolute atomic E-state index is 9.95. The molecule has 1 atom stereocenters. The summed E-state index contributed by atoms with van der Waals surface area (Å²) >= 11 is 0. The fourth-order valence-corrected chi connectivity index (χ4v) is 1.69. The van der Waals surface area contributed by atoms with Crippen LogP contribution in [0.15, 0.2) is 43.0 Å². The van der Waals surface area contributed by atoms with E-state index < -0.39 is 0 Å². The van der Waals surface area contributed by atoms with Gasteiger partial charge >= 0.3 is 0 Å². The van der Waals surface area contributed by atoms with Crippen LogP contribution in [0.1, 0.15) is 31.7 Å². The summed E-state index contributed by atoms with van der Waals surface area (Å²) < 4.78 is 0. The van der Waals surface area contributed by atoms with Gasteiger partial charge in [0.2, 0.25) is 0 Å². The van der Waals surface area contributed by atoms with Crippen LogP contribution < -0.4 is 0 Å². The molecule has 0 fully saturated rings. The lowest BCUT2D eigenvalue weighted by Gasteiger charge is -2.23. The summed E-state index contributed by atoms with van der Waals surface area (Å²) in [5, 5.41) is 11.3. The molecule has 1 unspecified atom stereocenters. The van der Waals surface area contributed by atoms with E-state index in [-0.39, 0.29) is 6.04 Å². The Bertz CT molecular complexity index is 297. The summed E-state index contributed by atoms with van der Waals surface area (Å²) in [5.74, 6) is 0. The molecule has 0 heterocycles. The van der Waals surface area contributed by atoms with E-state index in [0.29, 0.717) is 6.54 Å². The topological polar surface area (TPSA) is 23.5 Å². The summed E-state index contributed by atoms with van der Waals surface area (Å²) in [6, 6.07) is 10.0. The molecule has 88 valence electrons. The second-order valence-corrected chi connectivity index (χ2v) is 4.03. The Balaban J connectivity index is 2.49. The predicted octanol–water partition coefficient (Wildman–Crippen LogP) is 3.62. The van der Waals surface area contributed by atoms with E-state index in [2.05, 4.69) is 13.5 Å². The maximum Gasteiger partial charge on any atom is 0.0531 e. The van der Waals surface area contributed by atoms with Crippen molar-refractivity contribution in [1.82, 2.24) is 5.06 Å². The second kappa shape index (κ2) is 7.20. The van der Waals surface area contributed by atoms with Crippen molar-refractivity contribution in [3.8, 4) is 0 Å². The minimum absolute atomic E-state index is 0.0557. The Kier molecular flexibility index (Phi) is 5.83. The van der Waals surface area contributed by atoms with Gasteiger partial charge in [-0.3, -0.25) is 0 Å². The first-order valence-electron chi connectivity index (χ1n) is 5.90. The average Bonchev–Trinajstić information content (AvgIpc) is 2.31. The number of hydrogen-bond acceptors (Lipinski definition) is 2. The molecule has 0 aliphatic rings. The number of hydroxylamine groups is 2. The van der Waals surface area contributed by atoms with Gasteiger partial charge < -0.3 is 5.21 Å². The zero-order chi connectivity index (χ0) is 11.8. The molecule has 1 aromatic carbocycles. The van der Waals surface area contributed by atoms with Crippen LogP contribution in [-0.4, -0.2) is 16.3 Å². The molecular weight excluding hydrogens is 198 g/mol. The van der Waals surface area contributed by atoms with Crippen LogP contribution in [0.3, 0.4) is 0 Å². The van der Waals surface area contributed by atoms with Gasteiger partial charge in [0.1, 0.15) is 0 Å². The highest BCUT2D eigenvalue weighted by Crippen LogP contribution is 2.11. The number of nitrogens with zero attached hydrogens (tertiary/aromatic N) is 1. The normalized spacial score (nSPS) is 12.7. The summed E-state index contributed by atoms with van der Waals surface area (Å²) in [7, 11) is 0. The number of benzene rings is 1. The van der Waals surface area contributed by atoms with E-state index in [1.54, 1.807) is 0 Å². The zero-order valence-electron chi connectivity index (χ0n) is 9.97. The van der Waals surface area contributed by atoms with Gasteiger partial charge in [-0.2, -0.15) is 5.06 Å². The molecule has 0 bridgehead atoms. The van der Waals surface area contributed by atoms with Gasteiger partial charge in [-0.25, -0.2) is 0 Å². The SMILES string of the molecule is C=CC(CCCC)N(O)Cc1ccccc1. The smallest absolute Gasteiger partial charge is 0.0531 e. The lowest BCUT2D eigenvalue weighted by atomic mass is 10.1.